The van der Waals surface area contributed by atoms with Gasteiger partial charge in [-0.15, -0.1) is 0 Å². The van der Waals surface area contributed by atoms with Crippen molar-refractivity contribution in [3.63, 3.8) is 0 Å². The highest BCUT2D eigenvalue weighted by Gasteiger charge is 2.68. The first kappa shape index (κ1) is 31.4. The number of nitrogens with zero attached hydrogens (tertiary/aromatic N) is 4. The lowest BCUT2D eigenvalue weighted by Gasteiger charge is -2.24. The van der Waals surface area contributed by atoms with Crippen molar-refractivity contribution in [2.24, 2.45) is 4.99 Å². The van der Waals surface area contributed by atoms with Gasteiger partial charge in [-0.1, -0.05) is 66.7 Å². The van der Waals surface area contributed by atoms with Crippen molar-refractivity contribution in [2.45, 2.75) is 70.4 Å². The van der Waals surface area contributed by atoms with Crippen LogP contribution in [0.2, 0.25) is 0 Å². The van der Waals surface area contributed by atoms with Crippen LogP contribution in [0.25, 0.3) is 10.9 Å². The quantitative estimate of drug-likeness (QED) is 0.180. The molecule has 2 aliphatic rings. The molecule has 1 aliphatic carbocycles. The molecule has 2 atom stereocenters. The van der Waals surface area contributed by atoms with Crippen LogP contribution in [0.15, 0.2) is 102 Å². The Hall–Kier alpha value is -5.24. The first-order valence-corrected chi connectivity index (χ1v) is 16.3. The highest BCUT2D eigenvalue weighted by atomic mass is 16.6. The minimum absolute atomic E-state index is 0.146. The van der Waals surface area contributed by atoms with Crippen LogP contribution in [0.4, 0.5) is 16.3 Å². The van der Waals surface area contributed by atoms with E-state index < -0.39 is 17.1 Å². The first-order valence-electron chi connectivity index (χ1n) is 16.3. The number of carbonyl (C=O) groups excluding carboxylic acids is 2. The lowest BCUT2D eigenvalue weighted by molar-refractivity contribution is -0.120. The Morgan fingerprint density at radius 1 is 0.875 bits per heavy atom. The number of fused-ring (bicyclic) bond motifs is 3. The number of benzene rings is 4. The Balaban J connectivity index is 1.34. The van der Waals surface area contributed by atoms with Gasteiger partial charge in [0.2, 0.25) is 5.91 Å². The third kappa shape index (κ3) is 5.25. The maximum Gasteiger partial charge on any atom is 0.421 e. The van der Waals surface area contributed by atoms with Crippen molar-refractivity contribution >= 4 is 40.1 Å². The zero-order valence-corrected chi connectivity index (χ0v) is 28.4. The van der Waals surface area contributed by atoms with Crippen molar-refractivity contribution in [2.75, 3.05) is 12.0 Å². The minimum atomic E-state index is -0.893. The number of methoxy groups -OCH3 is 1. The van der Waals surface area contributed by atoms with Gasteiger partial charge in [0.05, 0.1) is 35.0 Å². The van der Waals surface area contributed by atoms with E-state index in [2.05, 4.69) is 63.2 Å². The van der Waals surface area contributed by atoms with Crippen LogP contribution in [0.3, 0.4) is 0 Å². The summed E-state index contributed by atoms with van der Waals surface area (Å²) < 4.78 is 13.3. The van der Waals surface area contributed by atoms with Crippen molar-refractivity contribution in [3.05, 3.63) is 119 Å². The summed E-state index contributed by atoms with van der Waals surface area (Å²) in [6.07, 6.45) is -0.102. The summed E-state index contributed by atoms with van der Waals surface area (Å²) in [6, 6.07) is 32.0. The fraction of sp³-hybridized carbons (Fsp3) is 0.300. The van der Waals surface area contributed by atoms with Crippen LogP contribution in [0.5, 0.6) is 5.75 Å². The Labute approximate surface area is 281 Å². The number of amides is 2. The smallest absolute Gasteiger partial charge is 0.421 e. The molecule has 244 valence electrons. The Bertz CT molecular complexity index is 2050. The number of imide groups is 1. The second-order valence-electron chi connectivity index (χ2n) is 14.6. The molecule has 1 aliphatic heterocycles. The van der Waals surface area contributed by atoms with Crippen molar-refractivity contribution in [1.29, 1.82) is 0 Å². The van der Waals surface area contributed by atoms with Crippen LogP contribution in [0, 0.1) is 0 Å². The second kappa shape index (κ2) is 11.2. The summed E-state index contributed by atoms with van der Waals surface area (Å²) in [7, 11) is 1.60. The monoisotopic (exact) mass is 640 g/mol. The Morgan fingerprint density at radius 3 is 2.10 bits per heavy atom. The van der Waals surface area contributed by atoms with Gasteiger partial charge >= 0.3 is 6.09 Å². The number of anilines is 1. The molecule has 1 fully saturated rings. The summed E-state index contributed by atoms with van der Waals surface area (Å²) in [5, 5.41) is 6.00. The zero-order valence-electron chi connectivity index (χ0n) is 28.4. The fourth-order valence-corrected chi connectivity index (χ4v) is 6.83. The number of ether oxygens (including phenoxy) is 2. The van der Waals surface area contributed by atoms with Crippen LogP contribution >= 0.6 is 0 Å². The van der Waals surface area contributed by atoms with Crippen molar-refractivity contribution < 1.29 is 19.1 Å². The van der Waals surface area contributed by atoms with E-state index in [1.165, 1.54) is 4.90 Å². The number of aliphatic imine (C=N–C) groups is 1. The molecule has 2 heterocycles. The van der Waals surface area contributed by atoms with Gasteiger partial charge in [-0.05, 0) is 89.4 Å². The Morgan fingerprint density at radius 2 is 1.52 bits per heavy atom. The standard InChI is InChI=1S/C40H40N4O4/c1-38(2,3)44-33-22-27(18-20-29(33)35(42-44)41-34(25-14-10-8-11-15-25)26-16-12-9-13-17-26)31-24-40(31)30-23-28(47-7)19-21-32(30)43(36(40)45)37(46)48-39(4,5)6/h8-23,31H,24H2,1-7H3/t31-,40-/m0/s1. The molecule has 0 radical (unpaired) electrons. The number of hydrogen-bond acceptors (Lipinski definition) is 6. The van der Waals surface area contributed by atoms with Crippen molar-refractivity contribution in [1.82, 2.24) is 9.78 Å². The van der Waals surface area contributed by atoms with E-state index in [9.17, 15) is 9.59 Å². The number of carbonyl (C=O) groups is 2. The molecule has 2 amide bonds. The molecule has 8 heteroatoms. The highest BCUT2D eigenvalue weighted by Crippen LogP contribution is 2.67. The van der Waals surface area contributed by atoms with E-state index >= 15 is 0 Å². The predicted molar refractivity (Wildman–Crippen MR) is 189 cm³/mol. The maximum absolute atomic E-state index is 14.3. The predicted octanol–water partition coefficient (Wildman–Crippen LogP) is 8.68. The molecule has 7 rings (SSSR count). The van der Waals surface area contributed by atoms with Crippen LogP contribution < -0.4 is 9.64 Å². The van der Waals surface area contributed by atoms with Gasteiger partial charge in [-0.25, -0.2) is 14.7 Å². The molecular formula is C40H40N4O4. The molecule has 1 aromatic heterocycles. The van der Waals surface area contributed by atoms with E-state index in [-0.39, 0.29) is 17.4 Å². The van der Waals surface area contributed by atoms with Gasteiger partial charge in [0.25, 0.3) is 0 Å². The van der Waals surface area contributed by atoms with Crippen LogP contribution in [-0.2, 0) is 20.5 Å². The molecule has 48 heavy (non-hydrogen) atoms. The topological polar surface area (TPSA) is 86.0 Å². The molecule has 0 N–H and O–H groups in total. The molecule has 0 unspecified atom stereocenters. The van der Waals surface area contributed by atoms with Gasteiger partial charge in [-0.2, -0.15) is 5.10 Å². The molecule has 1 saturated carbocycles. The second-order valence-corrected chi connectivity index (χ2v) is 14.6. The van der Waals surface area contributed by atoms with Crippen LogP contribution in [-0.4, -0.2) is 40.2 Å². The van der Waals surface area contributed by atoms with E-state index in [0.717, 1.165) is 38.9 Å². The number of rotatable bonds is 5. The van der Waals surface area contributed by atoms with Gasteiger partial charge < -0.3 is 9.47 Å². The molecule has 4 aromatic carbocycles. The van der Waals surface area contributed by atoms with Gasteiger partial charge in [0, 0.05) is 22.4 Å². The average molecular weight is 641 g/mol. The Kier molecular flexibility index (Phi) is 7.31. The molecule has 8 nitrogen and oxygen atoms in total. The average Bonchev–Trinajstić information content (AvgIpc) is 3.63. The lowest BCUT2D eigenvalue weighted by Crippen LogP contribution is -2.41. The van der Waals surface area contributed by atoms with E-state index in [0.29, 0.717) is 23.7 Å². The summed E-state index contributed by atoms with van der Waals surface area (Å²) >= 11 is 0. The fourth-order valence-electron chi connectivity index (χ4n) is 6.83. The van der Waals surface area contributed by atoms with E-state index in [1.54, 1.807) is 40.0 Å². The highest BCUT2D eigenvalue weighted by molar-refractivity contribution is 6.23. The third-order valence-electron chi connectivity index (χ3n) is 9.08. The maximum atomic E-state index is 14.3. The SMILES string of the molecule is COc1ccc2c(c1)[C@]1(C[C@H]1c1ccc3c(N=C(c4ccccc4)c4ccccc4)nn(C(C)(C)C)c3c1)C(=O)N2C(=O)OC(C)(C)C. The summed E-state index contributed by atoms with van der Waals surface area (Å²) in [4.78, 5) is 34.1. The van der Waals surface area contributed by atoms with E-state index in [1.807, 2.05) is 47.1 Å². The minimum Gasteiger partial charge on any atom is -0.497 e. The summed E-state index contributed by atoms with van der Waals surface area (Å²) in [6.45, 7) is 11.7. The molecule has 5 aromatic rings. The van der Waals surface area contributed by atoms with Crippen molar-refractivity contribution in [3.8, 4) is 5.75 Å². The number of aromatic nitrogens is 2. The van der Waals surface area contributed by atoms with Gasteiger partial charge in [0.1, 0.15) is 11.4 Å². The molecule has 1 spiro atoms. The number of hydrogen-bond donors (Lipinski definition) is 0. The first-order chi connectivity index (χ1) is 22.8. The molecular weight excluding hydrogens is 600 g/mol. The normalized spacial score (nSPS) is 18.6. The molecule has 0 bridgehead atoms. The summed E-state index contributed by atoms with van der Waals surface area (Å²) in [5.41, 5.74) is 4.12. The molecule has 0 saturated heterocycles. The lowest BCUT2D eigenvalue weighted by atomic mass is 9.91. The van der Waals surface area contributed by atoms with Gasteiger partial charge in [0.15, 0.2) is 5.82 Å². The van der Waals surface area contributed by atoms with Gasteiger partial charge in [-0.3, -0.25) is 9.48 Å². The van der Waals surface area contributed by atoms with Crippen LogP contribution in [0.1, 0.15) is 76.1 Å². The van der Waals surface area contributed by atoms with E-state index in [4.69, 9.17) is 19.6 Å². The zero-order chi connectivity index (χ0) is 34.0. The largest absolute Gasteiger partial charge is 0.497 e. The summed E-state index contributed by atoms with van der Waals surface area (Å²) in [5.74, 6) is 0.846. The third-order valence-corrected chi connectivity index (χ3v) is 9.08.